The SMILES string of the molecule is [B][B][B][B]C1CCC(C(N)=O)CC1. The van der Waals surface area contributed by atoms with E-state index in [0.29, 0.717) is 5.82 Å². The quantitative estimate of drug-likeness (QED) is 0.565. The summed E-state index contributed by atoms with van der Waals surface area (Å²) in [5, 5.41) is 0. The predicted octanol–water partition coefficient (Wildman–Crippen LogP) is -0.524. The zero-order valence-electron chi connectivity index (χ0n) is 7.78. The van der Waals surface area contributed by atoms with Gasteiger partial charge in [0.25, 0.3) is 0 Å². The van der Waals surface area contributed by atoms with Crippen molar-refractivity contribution in [3.05, 3.63) is 0 Å². The first-order valence-electron chi connectivity index (χ1n) is 4.75. The van der Waals surface area contributed by atoms with Gasteiger partial charge in [0.2, 0.25) is 5.91 Å². The second-order valence-corrected chi connectivity index (χ2v) is 3.59. The standard InChI is InChI=1S/C7H12B4NO/c8-10-11-9-6-3-1-5(2-4-6)7(12)13/h5-6H,1-4H2,(H2,12,13). The number of rotatable bonds is 4. The number of hydrogen-bond acceptors (Lipinski definition) is 1. The van der Waals surface area contributed by atoms with Gasteiger partial charge in [-0.1, -0.05) is 18.7 Å². The Labute approximate surface area is 83.5 Å². The van der Waals surface area contributed by atoms with Crippen LogP contribution in [0.25, 0.3) is 0 Å². The van der Waals surface area contributed by atoms with Crippen LogP contribution in [0.3, 0.4) is 0 Å². The molecule has 0 unspecified atom stereocenters. The summed E-state index contributed by atoms with van der Waals surface area (Å²) in [6, 6.07) is 0. The van der Waals surface area contributed by atoms with Crippen LogP contribution >= 0.6 is 0 Å². The normalized spacial score (nSPS) is 27.7. The Morgan fingerprint density at radius 1 is 1.31 bits per heavy atom. The Balaban J connectivity index is 2.18. The Kier molecular flexibility index (Phi) is 4.54. The first-order valence-corrected chi connectivity index (χ1v) is 4.75. The van der Waals surface area contributed by atoms with Crippen LogP contribution in [0.2, 0.25) is 5.82 Å². The van der Waals surface area contributed by atoms with E-state index < -0.39 is 0 Å². The van der Waals surface area contributed by atoms with E-state index in [-0.39, 0.29) is 11.8 Å². The van der Waals surface area contributed by atoms with Gasteiger partial charge in [-0.15, -0.1) is 0 Å². The summed E-state index contributed by atoms with van der Waals surface area (Å²) >= 11 is 0. The van der Waals surface area contributed by atoms with E-state index in [0.717, 1.165) is 25.7 Å². The largest absolute Gasteiger partial charge is 0.369 e. The highest BCUT2D eigenvalue weighted by molar-refractivity contribution is 7.41. The third kappa shape index (κ3) is 3.53. The van der Waals surface area contributed by atoms with Gasteiger partial charge < -0.3 is 5.73 Å². The van der Waals surface area contributed by atoms with Crippen LogP contribution in [0, 0.1) is 5.92 Å². The van der Waals surface area contributed by atoms with Gasteiger partial charge in [-0.25, -0.2) is 0 Å². The molecular formula is C7H12B4NO. The molecule has 6 heteroatoms. The molecule has 1 amide bonds. The summed E-state index contributed by atoms with van der Waals surface area (Å²) in [6.07, 6.45) is 3.96. The van der Waals surface area contributed by atoms with E-state index in [2.05, 4.69) is 7.17 Å². The molecule has 0 heterocycles. The van der Waals surface area contributed by atoms with Crippen molar-refractivity contribution >= 4 is 34.9 Å². The van der Waals surface area contributed by atoms with Crippen molar-refractivity contribution in [1.82, 2.24) is 0 Å². The molecule has 5 radical (unpaired) electrons. The van der Waals surface area contributed by atoms with E-state index in [1.54, 1.807) is 7.06 Å². The van der Waals surface area contributed by atoms with E-state index in [9.17, 15) is 4.79 Å². The molecule has 0 atom stereocenters. The molecule has 2 N–H and O–H groups in total. The molecule has 0 aliphatic heterocycles. The van der Waals surface area contributed by atoms with Crippen LogP contribution in [0.15, 0.2) is 0 Å². The van der Waals surface area contributed by atoms with Crippen molar-refractivity contribution in [2.45, 2.75) is 31.5 Å². The van der Waals surface area contributed by atoms with Crippen molar-refractivity contribution in [2.75, 3.05) is 0 Å². The molecule has 13 heavy (non-hydrogen) atoms. The van der Waals surface area contributed by atoms with E-state index in [1.165, 1.54) is 0 Å². The minimum atomic E-state index is -0.146. The summed E-state index contributed by atoms with van der Waals surface area (Å²) in [7, 11) is 10.8. The monoisotopic (exact) mass is 170 g/mol. The van der Waals surface area contributed by atoms with Crippen molar-refractivity contribution in [1.29, 1.82) is 0 Å². The summed E-state index contributed by atoms with van der Waals surface area (Å²) in [6.45, 7) is 0. The zero-order valence-corrected chi connectivity index (χ0v) is 7.78. The molecule has 0 saturated heterocycles. The smallest absolute Gasteiger partial charge is 0.220 e. The first-order chi connectivity index (χ1) is 6.24. The Bertz CT molecular complexity index is 170. The molecule has 63 valence electrons. The highest BCUT2D eigenvalue weighted by Gasteiger charge is 2.23. The maximum absolute atomic E-state index is 10.9. The van der Waals surface area contributed by atoms with Crippen molar-refractivity contribution < 1.29 is 4.79 Å². The van der Waals surface area contributed by atoms with Crippen LogP contribution in [0.4, 0.5) is 0 Å². The van der Waals surface area contributed by atoms with Gasteiger partial charge in [-0.2, -0.15) is 0 Å². The Morgan fingerprint density at radius 2 is 1.92 bits per heavy atom. The zero-order chi connectivity index (χ0) is 9.68. The van der Waals surface area contributed by atoms with Gasteiger partial charge in [0, 0.05) is 27.8 Å². The maximum atomic E-state index is 10.9. The van der Waals surface area contributed by atoms with Gasteiger partial charge in [0.15, 0.2) is 0 Å². The first kappa shape index (κ1) is 10.8. The summed E-state index contributed by atoms with van der Waals surface area (Å²) in [4.78, 5) is 10.9. The minimum absolute atomic E-state index is 0.103. The molecule has 1 aliphatic carbocycles. The van der Waals surface area contributed by atoms with Gasteiger partial charge in [0.1, 0.15) is 0 Å². The van der Waals surface area contributed by atoms with Crippen LogP contribution in [0.1, 0.15) is 25.7 Å². The number of carbonyl (C=O) groups excluding carboxylic acids is 1. The van der Waals surface area contributed by atoms with Crippen LogP contribution in [-0.2, 0) is 4.79 Å². The molecule has 2 nitrogen and oxygen atoms in total. The van der Waals surface area contributed by atoms with E-state index >= 15 is 0 Å². The molecule has 0 aromatic heterocycles. The fourth-order valence-corrected chi connectivity index (χ4v) is 1.82. The maximum Gasteiger partial charge on any atom is 0.220 e. The average molecular weight is 169 g/mol. The van der Waals surface area contributed by atoms with Crippen molar-refractivity contribution in [2.24, 2.45) is 11.7 Å². The molecular weight excluding hydrogens is 157 g/mol. The summed E-state index contributed by atoms with van der Waals surface area (Å²) in [5.41, 5.74) is 5.23. The molecule has 0 bridgehead atoms. The number of nitrogens with two attached hydrogens (primary N) is 1. The van der Waals surface area contributed by atoms with Crippen LogP contribution in [0.5, 0.6) is 0 Å². The predicted molar refractivity (Wildman–Crippen MR) is 57.9 cm³/mol. The fraction of sp³-hybridized carbons (Fsp3) is 0.857. The number of carbonyl (C=O) groups is 1. The van der Waals surface area contributed by atoms with Crippen molar-refractivity contribution in [3.63, 3.8) is 0 Å². The highest BCUT2D eigenvalue weighted by Crippen LogP contribution is 2.31. The molecule has 1 saturated carbocycles. The summed E-state index contributed by atoms with van der Waals surface area (Å²) in [5.74, 6) is 0.537. The number of primary amides is 1. The third-order valence-electron chi connectivity index (χ3n) is 2.67. The second kappa shape index (κ2) is 5.46. The lowest BCUT2D eigenvalue weighted by Crippen LogP contribution is -2.29. The molecule has 1 aliphatic rings. The Hall–Kier alpha value is -0.270. The van der Waals surface area contributed by atoms with Gasteiger partial charge in [-0.05, 0) is 12.8 Å². The van der Waals surface area contributed by atoms with Crippen LogP contribution < -0.4 is 5.73 Å². The molecule has 0 aromatic rings. The lowest BCUT2D eigenvalue weighted by Gasteiger charge is -2.26. The Morgan fingerprint density at radius 3 is 2.38 bits per heavy atom. The van der Waals surface area contributed by atoms with Crippen molar-refractivity contribution in [3.8, 4) is 0 Å². The van der Waals surface area contributed by atoms with Gasteiger partial charge in [0.05, 0.1) is 7.17 Å². The van der Waals surface area contributed by atoms with E-state index in [4.69, 9.17) is 13.5 Å². The minimum Gasteiger partial charge on any atom is -0.369 e. The molecule has 1 rings (SSSR count). The molecule has 1 fully saturated rings. The topological polar surface area (TPSA) is 43.1 Å². The lowest BCUT2D eigenvalue weighted by atomic mass is 9.11. The fourth-order valence-electron chi connectivity index (χ4n) is 1.82. The van der Waals surface area contributed by atoms with Crippen LogP contribution in [-0.4, -0.2) is 34.9 Å². The summed E-state index contributed by atoms with van der Waals surface area (Å²) < 4.78 is 0. The number of hydrogen-bond donors (Lipinski definition) is 1. The second-order valence-electron chi connectivity index (χ2n) is 3.59. The molecule has 0 aromatic carbocycles. The number of amides is 1. The lowest BCUT2D eigenvalue weighted by molar-refractivity contribution is -0.122. The van der Waals surface area contributed by atoms with Gasteiger partial charge >= 0.3 is 0 Å². The van der Waals surface area contributed by atoms with Gasteiger partial charge in [-0.3, -0.25) is 4.79 Å². The third-order valence-corrected chi connectivity index (χ3v) is 2.67. The van der Waals surface area contributed by atoms with E-state index in [1.807, 2.05) is 7.06 Å². The molecule has 0 spiro atoms. The average Bonchev–Trinajstić information content (AvgIpc) is 2.15. The highest BCUT2D eigenvalue weighted by atomic mass is 16.1.